The Bertz CT molecular complexity index is 427. The molecule has 0 spiro atoms. The van der Waals surface area contributed by atoms with Crippen LogP contribution in [0.2, 0.25) is 0 Å². The maximum absolute atomic E-state index is 13.0. The standard InChI is InChI=1S/C12H12BrF2NO/c13-10-7-9(8-17)1-2-11(10)16-5-3-12(14,15)4-6-16/h1-2,7-8H,3-6H2. The first kappa shape index (κ1) is 12.5. The molecule has 17 heavy (non-hydrogen) atoms. The van der Waals surface area contributed by atoms with Crippen LogP contribution in [0.1, 0.15) is 23.2 Å². The van der Waals surface area contributed by atoms with Crippen molar-refractivity contribution in [3.63, 3.8) is 0 Å². The fourth-order valence-electron chi connectivity index (χ4n) is 1.93. The molecule has 1 saturated heterocycles. The number of carbonyl (C=O) groups is 1. The summed E-state index contributed by atoms with van der Waals surface area (Å²) in [5.74, 6) is -2.54. The van der Waals surface area contributed by atoms with E-state index in [0.29, 0.717) is 18.7 Å². The van der Waals surface area contributed by atoms with Crippen LogP contribution in [0.25, 0.3) is 0 Å². The molecule has 1 fully saturated rings. The van der Waals surface area contributed by atoms with Crippen molar-refractivity contribution in [3.05, 3.63) is 28.2 Å². The van der Waals surface area contributed by atoms with Crippen molar-refractivity contribution in [2.45, 2.75) is 18.8 Å². The third-order valence-electron chi connectivity index (χ3n) is 2.94. The number of anilines is 1. The zero-order chi connectivity index (χ0) is 12.5. The minimum absolute atomic E-state index is 0.116. The number of piperidine rings is 1. The number of alkyl halides is 2. The largest absolute Gasteiger partial charge is 0.370 e. The average molecular weight is 304 g/mol. The van der Waals surface area contributed by atoms with Gasteiger partial charge in [0.25, 0.3) is 5.92 Å². The van der Waals surface area contributed by atoms with E-state index < -0.39 is 5.92 Å². The van der Waals surface area contributed by atoms with Crippen LogP contribution in [-0.2, 0) is 0 Å². The maximum Gasteiger partial charge on any atom is 0.251 e. The van der Waals surface area contributed by atoms with Gasteiger partial charge in [-0.1, -0.05) is 0 Å². The van der Waals surface area contributed by atoms with Crippen LogP contribution in [0.5, 0.6) is 0 Å². The van der Waals surface area contributed by atoms with E-state index in [1.54, 1.807) is 18.2 Å². The molecule has 0 saturated carbocycles. The van der Waals surface area contributed by atoms with Gasteiger partial charge in [-0.2, -0.15) is 0 Å². The molecule has 0 atom stereocenters. The van der Waals surface area contributed by atoms with Crippen LogP contribution in [0.4, 0.5) is 14.5 Å². The van der Waals surface area contributed by atoms with E-state index >= 15 is 0 Å². The Balaban J connectivity index is 2.16. The Hall–Kier alpha value is -0.970. The molecule has 0 aromatic heterocycles. The highest BCUT2D eigenvalue weighted by atomic mass is 79.9. The number of carbonyl (C=O) groups excluding carboxylic acids is 1. The summed E-state index contributed by atoms with van der Waals surface area (Å²) in [6.07, 6.45) is 0.530. The summed E-state index contributed by atoms with van der Waals surface area (Å²) >= 11 is 3.36. The molecule has 0 bridgehead atoms. The number of hydrogen-bond donors (Lipinski definition) is 0. The summed E-state index contributed by atoms with van der Waals surface area (Å²) in [7, 11) is 0. The van der Waals surface area contributed by atoms with Gasteiger partial charge in [0.15, 0.2) is 0 Å². The van der Waals surface area contributed by atoms with E-state index in [2.05, 4.69) is 15.9 Å². The van der Waals surface area contributed by atoms with Crippen LogP contribution in [0.15, 0.2) is 22.7 Å². The maximum atomic E-state index is 13.0. The first-order valence-corrected chi connectivity index (χ1v) is 6.19. The van der Waals surface area contributed by atoms with Gasteiger partial charge in [0.05, 0.1) is 5.69 Å². The van der Waals surface area contributed by atoms with Crippen molar-refractivity contribution in [3.8, 4) is 0 Å². The number of nitrogens with zero attached hydrogens (tertiary/aromatic N) is 1. The lowest BCUT2D eigenvalue weighted by molar-refractivity contribution is -0.0220. The van der Waals surface area contributed by atoms with E-state index in [1.165, 1.54) is 0 Å². The number of halogens is 3. The van der Waals surface area contributed by atoms with Crippen LogP contribution in [-0.4, -0.2) is 25.3 Å². The second kappa shape index (κ2) is 4.72. The molecule has 1 heterocycles. The SMILES string of the molecule is O=Cc1ccc(N2CCC(F)(F)CC2)c(Br)c1. The van der Waals surface area contributed by atoms with E-state index in [4.69, 9.17) is 0 Å². The molecule has 5 heteroatoms. The van der Waals surface area contributed by atoms with Gasteiger partial charge in [0.2, 0.25) is 0 Å². The molecule has 1 aliphatic rings. The number of hydrogen-bond acceptors (Lipinski definition) is 2. The quantitative estimate of drug-likeness (QED) is 0.780. The second-order valence-electron chi connectivity index (χ2n) is 4.17. The molecule has 2 nitrogen and oxygen atoms in total. The molecule has 0 amide bonds. The van der Waals surface area contributed by atoms with Crippen molar-refractivity contribution in [1.29, 1.82) is 0 Å². The molecule has 1 aliphatic heterocycles. The smallest absolute Gasteiger partial charge is 0.251 e. The Morgan fingerprint density at radius 3 is 2.47 bits per heavy atom. The first-order chi connectivity index (χ1) is 8.02. The molecule has 1 aromatic carbocycles. The summed E-state index contributed by atoms with van der Waals surface area (Å²) in [5, 5.41) is 0. The van der Waals surface area contributed by atoms with E-state index in [0.717, 1.165) is 16.4 Å². The highest BCUT2D eigenvalue weighted by Crippen LogP contribution is 2.34. The highest BCUT2D eigenvalue weighted by molar-refractivity contribution is 9.10. The summed E-state index contributed by atoms with van der Waals surface area (Å²) in [6, 6.07) is 5.19. The molecule has 92 valence electrons. The Kier molecular flexibility index (Phi) is 3.47. The van der Waals surface area contributed by atoms with Gasteiger partial charge in [-0.25, -0.2) is 8.78 Å². The predicted octanol–water partition coefficient (Wildman–Crippen LogP) is 3.50. The van der Waals surface area contributed by atoms with Gasteiger partial charge in [-0.15, -0.1) is 0 Å². The lowest BCUT2D eigenvalue weighted by Crippen LogP contribution is -2.39. The van der Waals surface area contributed by atoms with Gasteiger partial charge in [0, 0.05) is 36.0 Å². The van der Waals surface area contributed by atoms with E-state index in [1.807, 2.05) is 4.90 Å². The monoisotopic (exact) mass is 303 g/mol. The van der Waals surface area contributed by atoms with Crippen LogP contribution >= 0.6 is 15.9 Å². The Morgan fingerprint density at radius 2 is 1.94 bits per heavy atom. The first-order valence-electron chi connectivity index (χ1n) is 5.39. The predicted molar refractivity (Wildman–Crippen MR) is 65.9 cm³/mol. The van der Waals surface area contributed by atoms with Gasteiger partial charge >= 0.3 is 0 Å². The highest BCUT2D eigenvalue weighted by Gasteiger charge is 2.34. The number of aldehydes is 1. The summed E-state index contributed by atoms with van der Waals surface area (Å²) < 4.78 is 26.8. The van der Waals surface area contributed by atoms with Crippen molar-refractivity contribution < 1.29 is 13.6 Å². The van der Waals surface area contributed by atoms with E-state index in [-0.39, 0.29) is 12.8 Å². The van der Waals surface area contributed by atoms with Crippen molar-refractivity contribution in [2.24, 2.45) is 0 Å². The lowest BCUT2D eigenvalue weighted by atomic mass is 10.1. The Labute approximate surface area is 107 Å². The average Bonchev–Trinajstić information content (AvgIpc) is 2.29. The lowest BCUT2D eigenvalue weighted by Gasteiger charge is -2.34. The third-order valence-corrected chi connectivity index (χ3v) is 3.58. The second-order valence-corrected chi connectivity index (χ2v) is 5.03. The van der Waals surface area contributed by atoms with Crippen molar-refractivity contribution >= 4 is 27.9 Å². The molecular weight excluding hydrogens is 292 g/mol. The molecular formula is C12H12BrF2NO. The zero-order valence-corrected chi connectivity index (χ0v) is 10.7. The fourth-order valence-corrected chi connectivity index (χ4v) is 2.57. The molecule has 2 rings (SSSR count). The van der Waals surface area contributed by atoms with Crippen LogP contribution in [0.3, 0.4) is 0 Å². The van der Waals surface area contributed by atoms with Crippen LogP contribution in [0, 0.1) is 0 Å². The zero-order valence-electron chi connectivity index (χ0n) is 9.13. The van der Waals surface area contributed by atoms with Gasteiger partial charge in [-0.3, -0.25) is 4.79 Å². The minimum atomic E-state index is -2.54. The fraction of sp³-hybridized carbons (Fsp3) is 0.417. The number of rotatable bonds is 2. The van der Waals surface area contributed by atoms with Gasteiger partial charge in [-0.05, 0) is 34.1 Å². The topological polar surface area (TPSA) is 20.3 Å². The van der Waals surface area contributed by atoms with Crippen molar-refractivity contribution in [2.75, 3.05) is 18.0 Å². The summed E-state index contributed by atoms with van der Waals surface area (Å²) in [4.78, 5) is 12.5. The van der Waals surface area contributed by atoms with Crippen molar-refractivity contribution in [1.82, 2.24) is 0 Å². The summed E-state index contributed by atoms with van der Waals surface area (Å²) in [6.45, 7) is 0.679. The number of benzene rings is 1. The summed E-state index contributed by atoms with van der Waals surface area (Å²) in [5.41, 5.74) is 1.44. The molecule has 0 aliphatic carbocycles. The van der Waals surface area contributed by atoms with Crippen LogP contribution < -0.4 is 4.90 Å². The molecule has 0 radical (unpaired) electrons. The normalized spacial score (nSPS) is 19.1. The van der Waals surface area contributed by atoms with E-state index in [9.17, 15) is 13.6 Å². The molecule has 0 unspecified atom stereocenters. The molecule has 0 N–H and O–H groups in total. The Morgan fingerprint density at radius 1 is 1.29 bits per heavy atom. The third kappa shape index (κ3) is 2.83. The van der Waals surface area contributed by atoms with Gasteiger partial charge in [0.1, 0.15) is 6.29 Å². The minimum Gasteiger partial charge on any atom is -0.370 e. The molecule has 1 aromatic rings. The van der Waals surface area contributed by atoms with Gasteiger partial charge < -0.3 is 4.90 Å².